The Morgan fingerprint density at radius 1 is 1.38 bits per heavy atom. The quantitative estimate of drug-likeness (QED) is 0.668. The van der Waals surface area contributed by atoms with E-state index in [9.17, 15) is 15.0 Å². The van der Waals surface area contributed by atoms with Gasteiger partial charge in [-0.25, -0.2) is 0 Å². The summed E-state index contributed by atoms with van der Waals surface area (Å²) < 4.78 is 0. The van der Waals surface area contributed by atoms with Crippen LogP contribution < -0.4 is 5.32 Å². The van der Waals surface area contributed by atoms with Gasteiger partial charge in [-0.2, -0.15) is 5.10 Å². The van der Waals surface area contributed by atoms with E-state index < -0.39 is 12.2 Å². The minimum atomic E-state index is -1.17. The van der Waals surface area contributed by atoms with Gasteiger partial charge in [0.1, 0.15) is 12.2 Å². The van der Waals surface area contributed by atoms with Crippen molar-refractivity contribution in [3.8, 4) is 11.3 Å². The lowest BCUT2D eigenvalue weighted by molar-refractivity contribution is -0.119. The first-order valence-corrected chi connectivity index (χ1v) is 6.76. The molecular formula is C14H16ClN3O3. The molecule has 1 heterocycles. The van der Waals surface area contributed by atoms with Crippen LogP contribution in [0, 0.1) is 0 Å². The van der Waals surface area contributed by atoms with Crippen molar-refractivity contribution in [2.45, 2.75) is 19.1 Å². The molecule has 2 atom stereocenters. The molecule has 21 heavy (non-hydrogen) atoms. The lowest BCUT2D eigenvalue weighted by Crippen LogP contribution is -2.34. The predicted octanol–water partition coefficient (Wildman–Crippen LogP) is 1.26. The van der Waals surface area contributed by atoms with Crippen molar-refractivity contribution < 1.29 is 15.0 Å². The average Bonchev–Trinajstić information content (AvgIpc) is 2.94. The van der Waals surface area contributed by atoms with E-state index in [1.54, 1.807) is 24.3 Å². The Morgan fingerprint density at radius 3 is 2.67 bits per heavy atom. The second-order valence-corrected chi connectivity index (χ2v) is 5.09. The second kappa shape index (κ2) is 6.71. The lowest BCUT2D eigenvalue weighted by atomic mass is 10.0. The molecule has 0 aliphatic rings. The van der Waals surface area contributed by atoms with Crippen LogP contribution in [-0.2, 0) is 4.79 Å². The smallest absolute Gasteiger partial charge is 0.216 e. The van der Waals surface area contributed by atoms with Crippen LogP contribution in [0.3, 0.4) is 0 Å². The molecule has 112 valence electrons. The first kappa shape index (κ1) is 15.5. The molecule has 2 aromatic rings. The topological polar surface area (TPSA) is 98.2 Å². The molecule has 1 amide bonds. The molecule has 0 aliphatic heterocycles. The second-order valence-electron chi connectivity index (χ2n) is 4.66. The maximum Gasteiger partial charge on any atom is 0.216 e. The Labute approximate surface area is 126 Å². The number of aromatic nitrogens is 2. The van der Waals surface area contributed by atoms with Crippen molar-refractivity contribution in [2.75, 3.05) is 6.54 Å². The van der Waals surface area contributed by atoms with Crippen LogP contribution in [0.1, 0.15) is 18.6 Å². The molecule has 0 spiro atoms. The van der Waals surface area contributed by atoms with E-state index in [2.05, 4.69) is 15.5 Å². The predicted molar refractivity (Wildman–Crippen MR) is 78.7 cm³/mol. The maximum absolute atomic E-state index is 10.8. The van der Waals surface area contributed by atoms with E-state index in [-0.39, 0.29) is 12.5 Å². The van der Waals surface area contributed by atoms with Gasteiger partial charge in [0.2, 0.25) is 5.91 Å². The number of amides is 1. The average molecular weight is 310 g/mol. The normalized spacial score (nSPS) is 13.7. The van der Waals surface area contributed by atoms with Crippen molar-refractivity contribution in [3.63, 3.8) is 0 Å². The van der Waals surface area contributed by atoms with Crippen LogP contribution in [0.25, 0.3) is 11.3 Å². The molecule has 2 rings (SSSR count). The largest absolute Gasteiger partial charge is 0.388 e. The molecule has 6 nitrogen and oxygen atoms in total. The number of nitrogens with one attached hydrogen (secondary N) is 2. The zero-order valence-electron chi connectivity index (χ0n) is 11.4. The highest BCUT2D eigenvalue weighted by atomic mass is 35.5. The van der Waals surface area contributed by atoms with Gasteiger partial charge >= 0.3 is 0 Å². The fraction of sp³-hybridized carbons (Fsp3) is 0.286. The molecule has 0 fully saturated rings. The van der Waals surface area contributed by atoms with Gasteiger partial charge < -0.3 is 15.5 Å². The number of aliphatic hydroxyl groups excluding tert-OH is 2. The minimum Gasteiger partial charge on any atom is -0.388 e. The summed E-state index contributed by atoms with van der Waals surface area (Å²) in [6.07, 6.45) is -0.843. The summed E-state index contributed by atoms with van der Waals surface area (Å²) in [6, 6.07) is 7.02. The van der Waals surface area contributed by atoms with Crippen LogP contribution in [0.4, 0.5) is 0 Å². The molecule has 2 unspecified atom stereocenters. The van der Waals surface area contributed by atoms with Gasteiger partial charge in [-0.15, -0.1) is 0 Å². The Hall–Kier alpha value is -1.89. The van der Waals surface area contributed by atoms with Gasteiger partial charge in [-0.05, 0) is 12.1 Å². The van der Waals surface area contributed by atoms with Crippen molar-refractivity contribution in [2.24, 2.45) is 0 Å². The van der Waals surface area contributed by atoms with E-state index in [0.29, 0.717) is 16.3 Å². The monoisotopic (exact) mass is 309 g/mol. The lowest BCUT2D eigenvalue weighted by Gasteiger charge is -2.18. The van der Waals surface area contributed by atoms with Gasteiger partial charge in [0.15, 0.2) is 0 Å². The number of H-pyrrole nitrogens is 1. The standard InChI is InChI=1S/C14H16ClN3O3/c1-8(19)16-7-12(20)14(21)11-6-17-18-13(11)9-2-4-10(15)5-3-9/h2-6,12,14,20-21H,7H2,1H3,(H,16,19)(H,17,18). The van der Waals surface area contributed by atoms with Crippen LogP contribution in [0.5, 0.6) is 0 Å². The summed E-state index contributed by atoms with van der Waals surface area (Å²) in [5.74, 6) is -0.272. The molecule has 0 radical (unpaired) electrons. The number of rotatable bonds is 5. The third-order valence-electron chi connectivity index (χ3n) is 3.04. The molecule has 0 aliphatic carbocycles. The van der Waals surface area contributed by atoms with Crippen LogP contribution >= 0.6 is 11.6 Å². The zero-order valence-corrected chi connectivity index (χ0v) is 12.1. The van der Waals surface area contributed by atoms with Crippen molar-refractivity contribution in [1.29, 1.82) is 0 Å². The first-order chi connectivity index (χ1) is 9.99. The summed E-state index contributed by atoms with van der Waals surface area (Å²) in [4.78, 5) is 10.8. The summed E-state index contributed by atoms with van der Waals surface area (Å²) in [7, 11) is 0. The molecule has 0 saturated heterocycles. The molecule has 0 saturated carbocycles. The Kier molecular flexibility index (Phi) is 4.95. The van der Waals surface area contributed by atoms with E-state index in [4.69, 9.17) is 11.6 Å². The summed E-state index contributed by atoms with van der Waals surface area (Å²) >= 11 is 5.84. The summed E-state index contributed by atoms with van der Waals surface area (Å²) in [5, 5.41) is 29.9. The highest BCUT2D eigenvalue weighted by molar-refractivity contribution is 6.30. The number of carbonyl (C=O) groups excluding carboxylic acids is 1. The molecular weight excluding hydrogens is 294 g/mol. The highest BCUT2D eigenvalue weighted by Gasteiger charge is 2.23. The Bertz CT molecular complexity index is 612. The number of carbonyl (C=O) groups is 1. The molecule has 0 bridgehead atoms. The third kappa shape index (κ3) is 3.81. The fourth-order valence-electron chi connectivity index (χ4n) is 1.93. The van der Waals surface area contributed by atoms with Gasteiger partial charge in [-0.3, -0.25) is 9.89 Å². The van der Waals surface area contributed by atoms with Gasteiger partial charge in [0.25, 0.3) is 0 Å². The summed E-state index contributed by atoms with van der Waals surface area (Å²) in [6.45, 7) is 1.30. The van der Waals surface area contributed by atoms with Gasteiger partial charge in [0.05, 0.1) is 11.9 Å². The Balaban J connectivity index is 2.19. The molecule has 1 aromatic carbocycles. The van der Waals surface area contributed by atoms with E-state index in [1.807, 2.05) is 0 Å². The van der Waals surface area contributed by atoms with Crippen LogP contribution in [-0.4, -0.2) is 39.0 Å². The summed E-state index contributed by atoms with van der Waals surface area (Å²) in [5.41, 5.74) is 1.84. The minimum absolute atomic E-state index is 0.0399. The van der Waals surface area contributed by atoms with Gasteiger partial charge in [-0.1, -0.05) is 23.7 Å². The zero-order chi connectivity index (χ0) is 15.4. The number of hydrogen-bond acceptors (Lipinski definition) is 4. The molecule has 4 N–H and O–H groups in total. The highest BCUT2D eigenvalue weighted by Crippen LogP contribution is 2.28. The number of nitrogens with zero attached hydrogens (tertiary/aromatic N) is 1. The molecule has 1 aromatic heterocycles. The van der Waals surface area contributed by atoms with Crippen molar-refractivity contribution >= 4 is 17.5 Å². The van der Waals surface area contributed by atoms with Crippen LogP contribution in [0.2, 0.25) is 5.02 Å². The van der Waals surface area contributed by atoms with Crippen LogP contribution in [0.15, 0.2) is 30.5 Å². The number of aromatic amines is 1. The number of halogens is 1. The number of aliphatic hydroxyl groups is 2. The van der Waals surface area contributed by atoms with Gasteiger partial charge in [0, 0.05) is 29.6 Å². The number of benzene rings is 1. The third-order valence-corrected chi connectivity index (χ3v) is 3.30. The first-order valence-electron chi connectivity index (χ1n) is 6.39. The maximum atomic E-state index is 10.8. The SMILES string of the molecule is CC(=O)NCC(O)C(O)c1cn[nH]c1-c1ccc(Cl)cc1. The Morgan fingerprint density at radius 2 is 2.05 bits per heavy atom. The van der Waals surface area contributed by atoms with E-state index in [0.717, 1.165) is 5.56 Å². The molecule has 7 heteroatoms. The van der Waals surface area contributed by atoms with E-state index in [1.165, 1.54) is 13.1 Å². The van der Waals surface area contributed by atoms with Crippen molar-refractivity contribution in [3.05, 3.63) is 41.0 Å². The number of hydrogen-bond donors (Lipinski definition) is 4. The van der Waals surface area contributed by atoms with E-state index >= 15 is 0 Å². The fourth-order valence-corrected chi connectivity index (χ4v) is 2.06. The van der Waals surface area contributed by atoms with Crippen molar-refractivity contribution in [1.82, 2.24) is 15.5 Å².